The van der Waals surface area contributed by atoms with Crippen molar-refractivity contribution in [3.63, 3.8) is 0 Å². The van der Waals surface area contributed by atoms with E-state index in [0.29, 0.717) is 0 Å². The fourth-order valence-corrected chi connectivity index (χ4v) is 1.93. The Bertz CT molecular complexity index is 570. The number of methoxy groups -OCH3 is 1. The van der Waals surface area contributed by atoms with Crippen LogP contribution < -0.4 is 0 Å². The quantitative estimate of drug-likeness (QED) is 0.792. The minimum atomic E-state index is -0.284. The molecule has 0 N–H and O–H groups in total. The molecule has 0 fully saturated rings. The summed E-state index contributed by atoms with van der Waals surface area (Å²) < 4.78 is 6.39. The van der Waals surface area contributed by atoms with E-state index in [9.17, 15) is 4.79 Å². The highest BCUT2D eigenvalue weighted by Crippen LogP contribution is 2.20. The van der Waals surface area contributed by atoms with Crippen LogP contribution in [0.25, 0.3) is 11.3 Å². The van der Waals surface area contributed by atoms with E-state index in [-0.39, 0.29) is 12.5 Å². The lowest BCUT2D eigenvalue weighted by Crippen LogP contribution is -2.14. The SMILES string of the molecule is CCc1cc(-c2ccc(C)cc2)nn1CC(=O)OC. The van der Waals surface area contributed by atoms with Gasteiger partial charge in [0.25, 0.3) is 0 Å². The maximum absolute atomic E-state index is 11.4. The van der Waals surface area contributed by atoms with Crippen LogP contribution in [-0.4, -0.2) is 22.9 Å². The minimum Gasteiger partial charge on any atom is -0.468 e. The van der Waals surface area contributed by atoms with E-state index in [2.05, 4.69) is 28.9 Å². The van der Waals surface area contributed by atoms with Crippen LogP contribution in [0.3, 0.4) is 0 Å². The van der Waals surface area contributed by atoms with Gasteiger partial charge in [0.15, 0.2) is 0 Å². The number of carbonyl (C=O) groups excluding carboxylic acids is 1. The van der Waals surface area contributed by atoms with Gasteiger partial charge in [0.1, 0.15) is 6.54 Å². The molecule has 2 aromatic rings. The molecule has 0 aliphatic heterocycles. The molecule has 0 radical (unpaired) electrons. The van der Waals surface area contributed by atoms with Crippen molar-refractivity contribution in [3.05, 3.63) is 41.6 Å². The summed E-state index contributed by atoms with van der Waals surface area (Å²) in [5.74, 6) is -0.284. The third kappa shape index (κ3) is 3.02. The van der Waals surface area contributed by atoms with Gasteiger partial charge in [-0.05, 0) is 19.4 Å². The van der Waals surface area contributed by atoms with Gasteiger partial charge in [0.05, 0.1) is 12.8 Å². The molecule has 100 valence electrons. The van der Waals surface area contributed by atoms with Gasteiger partial charge < -0.3 is 4.74 Å². The van der Waals surface area contributed by atoms with E-state index in [4.69, 9.17) is 0 Å². The molecular formula is C15H18N2O2. The Morgan fingerprint density at radius 2 is 2.00 bits per heavy atom. The number of hydrogen-bond acceptors (Lipinski definition) is 3. The Kier molecular flexibility index (Phi) is 4.00. The Morgan fingerprint density at radius 3 is 2.58 bits per heavy atom. The molecule has 0 bridgehead atoms. The Hall–Kier alpha value is -2.10. The minimum absolute atomic E-state index is 0.158. The number of rotatable bonds is 4. The van der Waals surface area contributed by atoms with E-state index in [1.165, 1.54) is 12.7 Å². The summed E-state index contributed by atoms with van der Waals surface area (Å²) in [4.78, 5) is 11.4. The molecule has 4 nitrogen and oxygen atoms in total. The lowest BCUT2D eigenvalue weighted by molar-refractivity contribution is -0.141. The van der Waals surface area contributed by atoms with Crippen LogP contribution in [0, 0.1) is 6.92 Å². The zero-order chi connectivity index (χ0) is 13.8. The second-order valence-electron chi connectivity index (χ2n) is 4.47. The molecule has 0 amide bonds. The molecule has 1 aromatic carbocycles. The summed E-state index contributed by atoms with van der Waals surface area (Å²) in [6, 6.07) is 10.2. The van der Waals surface area contributed by atoms with Crippen molar-refractivity contribution >= 4 is 5.97 Å². The van der Waals surface area contributed by atoms with E-state index < -0.39 is 0 Å². The van der Waals surface area contributed by atoms with Crippen LogP contribution in [0.1, 0.15) is 18.2 Å². The summed E-state index contributed by atoms with van der Waals surface area (Å²) in [7, 11) is 1.39. The number of carbonyl (C=O) groups is 1. The standard InChI is InChI=1S/C15H18N2O2/c1-4-13-9-14(12-7-5-11(2)6-8-12)16-17(13)10-15(18)19-3/h5-9H,4,10H2,1-3H3. The molecule has 0 aliphatic rings. The molecule has 0 atom stereocenters. The maximum Gasteiger partial charge on any atom is 0.327 e. The molecule has 0 aliphatic carbocycles. The summed E-state index contributed by atoms with van der Waals surface area (Å²) in [6.07, 6.45) is 0.829. The Balaban J connectivity index is 2.32. The van der Waals surface area contributed by atoms with Crippen LogP contribution in [0.2, 0.25) is 0 Å². The van der Waals surface area contributed by atoms with E-state index >= 15 is 0 Å². The highest BCUT2D eigenvalue weighted by Gasteiger charge is 2.11. The number of benzene rings is 1. The first-order valence-corrected chi connectivity index (χ1v) is 6.34. The topological polar surface area (TPSA) is 44.1 Å². The normalized spacial score (nSPS) is 10.5. The van der Waals surface area contributed by atoms with Gasteiger partial charge in [0, 0.05) is 11.3 Å². The first-order chi connectivity index (χ1) is 9.13. The fraction of sp³-hybridized carbons (Fsp3) is 0.333. The monoisotopic (exact) mass is 258 g/mol. The van der Waals surface area contributed by atoms with Crippen molar-refractivity contribution in [3.8, 4) is 11.3 Å². The zero-order valence-electron chi connectivity index (χ0n) is 11.5. The number of aromatic nitrogens is 2. The molecule has 0 saturated carbocycles. The highest BCUT2D eigenvalue weighted by atomic mass is 16.5. The van der Waals surface area contributed by atoms with Crippen LogP contribution in [-0.2, 0) is 22.5 Å². The van der Waals surface area contributed by atoms with Crippen LogP contribution in [0.4, 0.5) is 0 Å². The summed E-state index contributed by atoms with van der Waals surface area (Å²) >= 11 is 0. The van der Waals surface area contributed by atoms with Gasteiger partial charge in [-0.2, -0.15) is 5.10 Å². The first kappa shape index (κ1) is 13.3. The Morgan fingerprint density at radius 1 is 1.32 bits per heavy atom. The van der Waals surface area contributed by atoms with E-state index in [0.717, 1.165) is 23.4 Å². The molecule has 0 unspecified atom stereocenters. The van der Waals surface area contributed by atoms with Crippen molar-refractivity contribution in [2.75, 3.05) is 7.11 Å². The van der Waals surface area contributed by atoms with Gasteiger partial charge in [0.2, 0.25) is 0 Å². The second-order valence-corrected chi connectivity index (χ2v) is 4.47. The Labute approximate surface area is 113 Å². The lowest BCUT2D eigenvalue weighted by Gasteiger charge is -2.03. The number of esters is 1. The predicted molar refractivity (Wildman–Crippen MR) is 73.8 cm³/mol. The van der Waals surface area contributed by atoms with E-state index in [1.54, 1.807) is 4.68 Å². The van der Waals surface area contributed by atoms with Crippen LogP contribution in [0.15, 0.2) is 30.3 Å². The fourth-order valence-electron chi connectivity index (χ4n) is 1.93. The van der Waals surface area contributed by atoms with Crippen molar-refractivity contribution in [1.82, 2.24) is 9.78 Å². The van der Waals surface area contributed by atoms with Crippen molar-refractivity contribution in [2.24, 2.45) is 0 Å². The average Bonchev–Trinajstić information content (AvgIpc) is 2.82. The molecule has 4 heteroatoms. The smallest absolute Gasteiger partial charge is 0.327 e. The molecule has 19 heavy (non-hydrogen) atoms. The maximum atomic E-state index is 11.4. The van der Waals surface area contributed by atoms with Gasteiger partial charge in [-0.3, -0.25) is 9.48 Å². The number of ether oxygens (including phenoxy) is 1. The van der Waals surface area contributed by atoms with Gasteiger partial charge in [-0.1, -0.05) is 36.8 Å². The highest BCUT2D eigenvalue weighted by molar-refractivity contribution is 5.69. The van der Waals surface area contributed by atoms with Crippen molar-refractivity contribution in [2.45, 2.75) is 26.8 Å². The largest absolute Gasteiger partial charge is 0.468 e. The third-order valence-electron chi connectivity index (χ3n) is 3.08. The molecular weight excluding hydrogens is 240 g/mol. The molecule has 1 aromatic heterocycles. The number of hydrogen-bond donors (Lipinski definition) is 0. The summed E-state index contributed by atoms with van der Waals surface area (Å²) in [6.45, 7) is 4.26. The number of aryl methyl sites for hydroxylation is 2. The third-order valence-corrected chi connectivity index (χ3v) is 3.08. The van der Waals surface area contributed by atoms with Crippen LogP contribution in [0.5, 0.6) is 0 Å². The van der Waals surface area contributed by atoms with E-state index in [1.807, 2.05) is 25.1 Å². The summed E-state index contributed by atoms with van der Waals surface area (Å²) in [5.41, 5.74) is 4.19. The second kappa shape index (κ2) is 5.69. The lowest BCUT2D eigenvalue weighted by atomic mass is 10.1. The van der Waals surface area contributed by atoms with Crippen molar-refractivity contribution < 1.29 is 9.53 Å². The predicted octanol–water partition coefficient (Wildman–Crippen LogP) is 2.59. The number of nitrogens with zero attached hydrogens (tertiary/aromatic N) is 2. The zero-order valence-corrected chi connectivity index (χ0v) is 11.5. The summed E-state index contributed by atoms with van der Waals surface area (Å²) in [5, 5.41) is 4.48. The molecule has 0 saturated heterocycles. The van der Waals surface area contributed by atoms with Gasteiger partial charge in [-0.25, -0.2) is 0 Å². The first-order valence-electron chi connectivity index (χ1n) is 6.34. The van der Waals surface area contributed by atoms with Crippen LogP contribution >= 0.6 is 0 Å². The molecule has 0 spiro atoms. The molecule has 2 rings (SSSR count). The average molecular weight is 258 g/mol. The van der Waals surface area contributed by atoms with Crippen molar-refractivity contribution in [1.29, 1.82) is 0 Å². The van der Waals surface area contributed by atoms with Gasteiger partial charge >= 0.3 is 5.97 Å². The molecule has 1 heterocycles. The van der Waals surface area contributed by atoms with Gasteiger partial charge in [-0.15, -0.1) is 0 Å².